The van der Waals surface area contributed by atoms with Crippen LogP contribution >= 0.6 is 0 Å². The minimum Gasteiger partial charge on any atom is -0.497 e. The number of aromatic nitrogens is 3. The van der Waals surface area contributed by atoms with Gasteiger partial charge in [-0.2, -0.15) is 5.10 Å². The molecule has 0 saturated carbocycles. The average molecular weight is 387 g/mol. The van der Waals surface area contributed by atoms with Crippen LogP contribution in [0.3, 0.4) is 0 Å². The normalized spacial score (nSPS) is 10.9. The van der Waals surface area contributed by atoms with Gasteiger partial charge in [0.2, 0.25) is 0 Å². The number of methoxy groups -OCH3 is 1. The van der Waals surface area contributed by atoms with Crippen LogP contribution in [-0.4, -0.2) is 27.8 Å². The van der Waals surface area contributed by atoms with E-state index in [0.29, 0.717) is 22.6 Å². The lowest BCUT2D eigenvalue weighted by Crippen LogP contribution is -2.14. The maximum absolute atomic E-state index is 12.1. The third kappa shape index (κ3) is 3.27. The van der Waals surface area contributed by atoms with Gasteiger partial charge in [-0.15, -0.1) is 0 Å². The Kier molecular flexibility index (Phi) is 4.64. The lowest BCUT2D eigenvalue weighted by Gasteiger charge is -2.13. The summed E-state index contributed by atoms with van der Waals surface area (Å²) in [6.45, 7) is 3.91. The number of nitrogens with one attached hydrogen (secondary N) is 1. The van der Waals surface area contributed by atoms with Crippen molar-refractivity contribution in [2.24, 2.45) is 5.73 Å². The van der Waals surface area contributed by atoms with Gasteiger partial charge in [0.05, 0.1) is 35.1 Å². The van der Waals surface area contributed by atoms with Crippen molar-refractivity contribution in [1.82, 2.24) is 14.8 Å². The van der Waals surface area contributed by atoms with Gasteiger partial charge in [-0.25, -0.2) is 9.67 Å². The number of hydrogen-bond acceptors (Lipinski definition) is 5. The van der Waals surface area contributed by atoms with E-state index in [4.69, 9.17) is 15.6 Å². The van der Waals surface area contributed by atoms with Crippen LogP contribution in [0.1, 0.15) is 21.6 Å². The molecule has 0 aliphatic carbocycles. The number of primary amides is 1. The average Bonchev–Trinajstić information content (AvgIpc) is 3.05. The summed E-state index contributed by atoms with van der Waals surface area (Å²) in [5.41, 5.74) is 10.7. The monoisotopic (exact) mass is 387 g/mol. The van der Waals surface area contributed by atoms with Crippen molar-refractivity contribution in [3.8, 4) is 11.4 Å². The number of aryl methyl sites for hydroxylation is 2. The predicted octanol–water partition coefficient (Wildman–Crippen LogP) is 3.89. The summed E-state index contributed by atoms with van der Waals surface area (Å²) in [6, 6.07) is 15.4. The van der Waals surface area contributed by atoms with Crippen LogP contribution in [0.25, 0.3) is 16.7 Å². The van der Waals surface area contributed by atoms with E-state index in [1.807, 2.05) is 62.4 Å². The first-order valence-corrected chi connectivity index (χ1v) is 9.15. The van der Waals surface area contributed by atoms with Crippen LogP contribution in [0.5, 0.6) is 5.75 Å². The Morgan fingerprint density at radius 1 is 1.14 bits per heavy atom. The fraction of sp³-hybridized carbons (Fsp3) is 0.136. The number of pyridine rings is 1. The molecule has 0 bridgehead atoms. The molecule has 0 fully saturated rings. The first-order valence-electron chi connectivity index (χ1n) is 9.15. The van der Waals surface area contributed by atoms with Gasteiger partial charge in [0.1, 0.15) is 5.75 Å². The third-order valence-corrected chi connectivity index (χ3v) is 4.82. The second-order valence-electron chi connectivity index (χ2n) is 6.75. The predicted molar refractivity (Wildman–Crippen MR) is 113 cm³/mol. The molecule has 0 radical (unpaired) electrons. The lowest BCUT2D eigenvalue weighted by atomic mass is 10.1. The molecule has 0 aliphatic rings. The number of benzene rings is 2. The molecule has 4 rings (SSSR count). The summed E-state index contributed by atoms with van der Waals surface area (Å²) in [5, 5.41) is 8.76. The van der Waals surface area contributed by atoms with Crippen LogP contribution in [0.15, 0.2) is 54.7 Å². The van der Waals surface area contributed by atoms with Gasteiger partial charge in [-0.1, -0.05) is 24.3 Å². The summed E-state index contributed by atoms with van der Waals surface area (Å²) in [6.07, 6.45) is 1.49. The summed E-state index contributed by atoms with van der Waals surface area (Å²) < 4.78 is 7.09. The Morgan fingerprint density at radius 3 is 2.66 bits per heavy atom. The highest BCUT2D eigenvalue weighted by Crippen LogP contribution is 2.33. The Hall–Kier alpha value is -3.87. The van der Waals surface area contributed by atoms with Gasteiger partial charge < -0.3 is 15.8 Å². The number of nitrogens with two attached hydrogens (primary N) is 1. The van der Waals surface area contributed by atoms with Crippen LogP contribution in [0.2, 0.25) is 0 Å². The van der Waals surface area contributed by atoms with E-state index in [0.717, 1.165) is 28.0 Å². The number of nitrogens with zero attached hydrogens (tertiary/aromatic N) is 3. The van der Waals surface area contributed by atoms with Crippen LogP contribution < -0.4 is 15.8 Å². The SMILES string of the molecule is COc1cccc(Nc2c(C(N)=O)cnc3c2c(C)nn3-c2ccccc2C)c1. The molecular formula is C22H21N5O2. The van der Waals surface area contributed by atoms with Crippen molar-refractivity contribution in [3.63, 3.8) is 0 Å². The number of anilines is 2. The molecule has 2 aromatic carbocycles. The topological polar surface area (TPSA) is 95.1 Å². The Labute approximate surface area is 168 Å². The highest BCUT2D eigenvalue weighted by atomic mass is 16.5. The van der Waals surface area contributed by atoms with E-state index in [1.54, 1.807) is 11.8 Å². The van der Waals surface area contributed by atoms with E-state index >= 15 is 0 Å². The number of hydrogen-bond donors (Lipinski definition) is 2. The molecule has 7 heteroatoms. The largest absolute Gasteiger partial charge is 0.497 e. The molecule has 0 aliphatic heterocycles. The van der Waals surface area contributed by atoms with E-state index in [1.165, 1.54) is 6.20 Å². The second kappa shape index (κ2) is 7.27. The molecule has 0 spiro atoms. The molecule has 29 heavy (non-hydrogen) atoms. The van der Waals surface area contributed by atoms with Crippen LogP contribution in [0, 0.1) is 13.8 Å². The van der Waals surface area contributed by atoms with Crippen LogP contribution in [-0.2, 0) is 0 Å². The molecule has 0 unspecified atom stereocenters. The van der Waals surface area contributed by atoms with E-state index in [9.17, 15) is 4.79 Å². The molecule has 3 N–H and O–H groups in total. The summed E-state index contributed by atoms with van der Waals surface area (Å²) >= 11 is 0. The van der Waals surface area contributed by atoms with Gasteiger partial charge in [-0.3, -0.25) is 4.79 Å². The van der Waals surface area contributed by atoms with Gasteiger partial charge in [0.15, 0.2) is 5.65 Å². The quantitative estimate of drug-likeness (QED) is 0.542. The van der Waals surface area contributed by atoms with Gasteiger partial charge >= 0.3 is 0 Å². The third-order valence-electron chi connectivity index (χ3n) is 4.82. The number of carbonyl (C=O) groups is 1. The molecule has 146 valence electrons. The number of rotatable bonds is 5. The molecule has 2 aromatic heterocycles. The van der Waals surface area contributed by atoms with Crippen molar-refractivity contribution in [2.45, 2.75) is 13.8 Å². The standard InChI is InChI=1S/C22H21N5O2/c1-13-7-4-5-10-18(13)27-22-19(14(2)26-27)20(17(12-24-22)21(23)28)25-15-8-6-9-16(11-15)29-3/h4-12H,1-3H3,(H2,23,28)(H,24,25). The first kappa shape index (κ1) is 18.5. The van der Waals surface area contributed by atoms with E-state index < -0.39 is 5.91 Å². The molecular weight excluding hydrogens is 366 g/mol. The molecule has 0 atom stereocenters. The van der Waals surface area contributed by atoms with Crippen molar-refractivity contribution >= 4 is 28.3 Å². The maximum Gasteiger partial charge on any atom is 0.252 e. The molecule has 2 heterocycles. The fourth-order valence-corrected chi connectivity index (χ4v) is 3.38. The number of para-hydroxylation sites is 1. The Bertz CT molecular complexity index is 1230. The highest BCUT2D eigenvalue weighted by Gasteiger charge is 2.20. The molecule has 7 nitrogen and oxygen atoms in total. The zero-order valence-electron chi connectivity index (χ0n) is 16.4. The lowest BCUT2D eigenvalue weighted by molar-refractivity contribution is 0.100. The Balaban J connectivity index is 1.95. The van der Waals surface area contributed by atoms with Crippen molar-refractivity contribution < 1.29 is 9.53 Å². The number of amides is 1. The van der Waals surface area contributed by atoms with Gasteiger partial charge in [0.25, 0.3) is 5.91 Å². The molecule has 4 aromatic rings. The Morgan fingerprint density at radius 2 is 1.93 bits per heavy atom. The summed E-state index contributed by atoms with van der Waals surface area (Å²) in [7, 11) is 1.61. The van der Waals surface area contributed by atoms with E-state index in [-0.39, 0.29) is 0 Å². The highest BCUT2D eigenvalue weighted by molar-refractivity contribution is 6.07. The number of ether oxygens (including phenoxy) is 1. The maximum atomic E-state index is 12.1. The second-order valence-corrected chi connectivity index (χ2v) is 6.75. The number of carbonyl (C=O) groups excluding carboxylic acids is 1. The van der Waals surface area contributed by atoms with Crippen LogP contribution in [0.4, 0.5) is 11.4 Å². The minimum absolute atomic E-state index is 0.299. The summed E-state index contributed by atoms with van der Waals surface area (Å²) in [4.78, 5) is 16.6. The first-order chi connectivity index (χ1) is 14.0. The smallest absolute Gasteiger partial charge is 0.252 e. The van der Waals surface area contributed by atoms with Crippen molar-refractivity contribution in [3.05, 3.63) is 71.5 Å². The van der Waals surface area contributed by atoms with E-state index in [2.05, 4.69) is 10.3 Å². The van der Waals surface area contributed by atoms with Gasteiger partial charge in [-0.05, 0) is 37.6 Å². The minimum atomic E-state index is -0.562. The summed E-state index contributed by atoms with van der Waals surface area (Å²) in [5.74, 6) is 0.140. The fourth-order valence-electron chi connectivity index (χ4n) is 3.38. The van der Waals surface area contributed by atoms with Crippen molar-refractivity contribution in [2.75, 3.05) is 12.4 Å². The molecule has 1 amide bonds. The van der Waals surface area contributed by atoms with Gasteiger partial charge in [0, 0.05) is 18.0 Å². The van der Waals surface area contributed by atoms with Crippen molar-refractivity contribution in [1.29, 1.82) is 0 Å². The molecule has 0 saturated heterocycles. The zero-order chi connectivity index (χ0) is 20.5. The zero-order valence-corrected chi connectivity index (χ0v) is 16.4. The number of fused-ring (bicyclic) bond motifs is 1.